The standard InChI is InChI=1S/C39H26N2/c1-3-11-28-23-30(18-16-26(28)9-1)38-33-13-5-6-14-34(33)39(31-19-17-27-10-2-4-12-29(27)24-31)36-25-32(20-21-35(36)38)41-37-15-7-8-22-40-37/h1-25H,(H,40,41). The van der Waals surface area contributed by atoms with E-state index in [1.165, 1.54) is 65.3 Å². The molecule has 7 aromatic carbocycles. The maximum absolute atomic E-state index is 4.50. The first-order chi connectivity index (χ1) is 20.3. The summed E-state index contributed by atoms with van der Waals surface area (Å²) in [5.74, 6) is 0.828. The van der Waals surface area contributed by atoms with Crippen LogP contribution in [0, 0.1) is 0 Å². The van der Waals surface area contributed by atoms with Gasteiger partial charge in [-0.05, 0) is 102 Å². The topological polar surface area (TPSA) is 24.9 Å². The molecular formula is C39H26N2. The van der Waals surface area contributed by atoms with Crippen LogP contribution < -0.4 is 5.32 Å². The molecule has 1 heterocycles. The van der Waals surface area contributed by atoms with Gasteiger partial charge in [0.2, 0.25) is 0 Å². The summed E-state index contributed by atoms with van der Waals surface area (Å²) in [7, 11) is 0. The van der Waals surface area contributed by atoms with Crippen LogP contribution >= 0.6 is 0 Å². The number of hydrogen-bond acceptors (Lipinski definition) is 2. The lowest BCUT2D eigenvalue weighted by atomic mass is 9.85. The molecule has 0 aliphatic heterocycles. The van der Waals surface area contributed by atoms with Gasteiger partial charge in [-0.25, -0.2) is 4.98 Å². The Morgan fingerprint density at radius 2 is 0.927 bits per heavy atom. The van der Waals surface area contributed by atoms with Gasteiger partial charge in [0.05, 0.1) is 0 Å². The molecule has 0 saturated carbocycles. The molecule has 1 N–H and O–H groups in total. The third-order valence-electron chi connectivity index (χ3n) is 8.04. The lowest BCUT2D eigenvalue weighted by Crippen LogP contribution is -1.95. The first-order valence-corrected chi connectivity index (χ1v) is 14.0. The normalized spacial score (nSPS) is 11.4. The summed E-state index contributed by atoms with van der Waals surface area (Å²) in [6.07, 6.45) is 1.81. The number of aromatic nitrogens is 1. The number of hydrogen-bond donors (Lipinski definition) is 1. The predicted molar refractivity (Wildman–Crippen MR) is 175 cm³/mol. The van der Waals surface area contributed by atoms with Crippen LogP contribution in [0.3, 0.4) is 0 Å². The maximum atomic E-state index is 4.50. The summed E-state index contributed by atoms with van der Waals surface area (Å²) in [6.45, 7) is 0. The molecule has 0 atom stereocenters. The van der Waals surface area contributed by atoms with Crippen molar-refractivity contribution in [3.63, 3.8) is 0 Å². The average molecular weight is 523 g/mol. The maximum Gasteiger partial charge on any atom is 0.130 e. The third kappa shape index (κ3) is 4.09. The van der Waals surface area contributed by atoms with E-state index in [9.17, 15) is 0 Å². The molecule has 0 radical (unpaired) electrons. The van der Waals surface area contributed by atoms with Crippen molar-refractivity contribution in [2.24, 2.45) is 0 Å². The Hall–Kier alpha value is -5.47. The number of fused-ring (bicyclic) bond motifs is 4. The number of nitrogens with one attached hydrogen (secondary N) is 1. The molecule has 0 aliphatic carbocycles. The highest BCUT2D eigenvalue weighted by atomic mass is 15.0. The van der Waals surface area contributed by atoms with Gasteiger partial charge in [-0.15, -0.1) is 0 Å². The molecule has 8 rings (SSSR count). The lowest BCUT2D eigenvalue weighted by molar-refractivity contribution is 1.31. The Kier molecular flexibility index (Phi) is 5.49. The van der Waals surface area contributed by atoms with Crippen LogP contribution in [0.1, 0.15) is 0 Å². The molecular weight excluding hydrogens is 496 g/mol. The van der Waals surface area contributed by atoms with Crippen molar-refractivity contribution in [3.8, 4) is 22.3 Å². The van der Waals surface area contributed by atoms with Crippen molar-refractivity contribution in [2.75, 3.05) is 5.32 Å². The first-order valence-electron chi connectivity index (χ1n) is 14.0. The Labute approximate surface area is 238 Å². The molecule has 192 valence electrons. The molecule has 0 fully saturated rings. The van der Waals surface area contributed by atoms with Crippen molar-refractivity contribution in [3.05, 3.63) is 152 Å². The van der Waals surface area contributed by atoms with Crippen LogP contribution in [0.5, 0.6) is 0 Å². The van der Waals surface area contributed by atoms with E-state index in [0.717, 1.165) is 11.5 Å². The van der Waals surface area contributed by atoms with Crippen LogP contribution in [-0.4, -0.2) is 4.98 Å². The molecule has 0 saturated heterocycles. The first kappa shape index (κ1) is 23.4. The van der Waals surface area contributed by atoms with Gasteiger partial charge in [-0.3, -0.25) is 0 Å². The number of nitrogens with zero attached hydrogens (tertiary/aromatic N) is 1. The Balaban J connectivity index is 1.46. The molecule has 41 heavy (non-hydrogen) atoms. The number of benzene rings is 7. The van der Waals surface area contributed by atoms with E-state index < -0.39 is 0 Å². The van der Waals surface area contributed by atoms with Crippen molar-refractivity contribution < 1.29 is 0 Å². The second-order valence-electron chi connectivity index (χ2n) is 10.5. The van der Waals surface area contributed by atoms with Gasteiger partial charge in [-0.1, -0.05) is 109 Å². The molecule has 2 heteroatoms. The molecule has 0 amide bonds. The molecule has 1 aromatic heterocycles. The van der Waals surface area contributed by atoms with Gasteiger partial charge in [0.1, 0.15) is 5.82 Å². The van der Waals surface area contributed by atoms with Crippen LogP contribution in [0.25, 0.3) is 65.3 Å². The summed E-state index contributed by atoms with van der Waals surface area (Å²) >= 11 is 0. The fourth-order valence-electron chi connectivity index (χ4n) is 6.15. The number of pyridine rings is 1. The lowest BCUT2D eigenvalue weighted by Gasteiger charge is -2.19. The Morgan fingerprint density at radius 3 is 1.54 bits per heavy atom. The molecule has 0 bridgehead atoms. The Morgan fingerprint density at radius 1 is 0.390 bits per heavy atom. The predicted octanol–water partition coefficient (Wildman–Crippen LogP) is 10.8. The highest BCUT2D eigenvalue weighted by Gasteiger charge is 2.18. The largest absolute Gasteiger partial charge is 0.340 e. The summed E-state index contributed by atoms with van der Waals surface area (Å²) in [4.78, 5) is 4.50. The van der Waals surface area contributed by atoms with Gasteiger partial charge >= 0.3 is 0 Å². The zero-order chi connectivity index (χ0) is 27.2. The SMILES string of the molecule is c1ccc(Nc2ccc3c(-c4ccc5ccccc5c4)c4ccccc4c(-c4ccc5ccccc5c4)c3c2)nc1. The van der Waals surface area contributed by atoms with E-state index >= 15 is 0 Å². The number of anilines is 2. The van der Waals surface area contributed by atoms with Crippen LogP contribution in [0.4, 0.5) is 11.5 Å². The van der Waals surface area contributed by atoms with Gasteiger partial charge in [0.25, 0.3) is 0 Å². The van der Waals surface area contributed by atoms with Gasteiger partial charge < -0.3 is 5.32 Å². The summed E-state index contributed by atoms with van der Waals surface area (Å²) in [6, 6.07) is 52.3. The zero-order valence-electron chi connectivity index (χ0n) is 22.4. The highest BCUT2D eigenvalue weighted by Crippen LogP contribution is 2.45. The van der Waals surface area contributed by atoms with Gasteiger partial charge in [0, 0.05) is 11.9 Å². The fourth-order valence-corrected chi connectivity index (χ4v) is 6.15. The monoisotopic (exact) mass is 522 g/mol. The minimum absolute atomic E-state index is 0.828. The minimum Gasteiger partial charge on any atom is -0.340 e. The van der Waals surface area contributed by atoms with Crippen molar-refractivity contribution >= 4 is 54.6 Å². The van der Waals surface area contributed by atoms with E-state index in [2.05, 4.69) is 138 Å². The number of rotatable bonds is 4. The van der Waals surface area contributed by atoms with Crippen molar-refractivity contribution in [1.29, 1.82) is 0 Å². The summed E-state index contributed by atoms with van der Waals surface area (Å²) in [5, 5.41) is 13.4. The van der Waals surface area contributed by atoms with E-state index in [1.807, 2.05) is 24.4 Å². The second-order valence-corrected chi connectivity index (χ2v) is 10.5. The quantitative estimate of drug-likeness (QED) is 0.233. The van der Waals surface area contributed by atoms with Crippen molar-refractivity contribution in [1.82, 2.24) is 4.98 Å². The molecule has 0 unspecified atom stereocenters. The zero-order valence-corrected chi connectivity index (χ0v) is 22.4. The van der Waals surface area contributed by atoms with E-state index in [-0.39, 0.29) is 0 Å². The van der Waals surface area contributed by atoms with Gasteiger partial charge in [-0.2, -0.15) is 0 Å². The van der Waals surface area contributed by atoms with Crippen molar-refractivity contribution in [2.45, 2.75) is 0 Å². The van der Waals surface area contributed by atoms with Crippen LogP contribution in [0.15, 0.2) is 152 Å². The third-order valence-corrected chi connectivity index (χ3v) is 8.04. The molecule has 2 nitrogen and oxygen atoms in total. The van der Waals surface area contributed by atoms with E-state index in [0.29, 0.717) is 0 Å². The van der Waals surface area contributed by atoms with E-state index in [4.69, 9.17) is 0 Å². The highest BCUT2D eigenvalue weighted by molar-refractivity contribution is 6.22. The van der Waals surface area contributed by atoms with E-state index in [1.54, 1.807) is 0 Å². The van der Waals surface area contributed by atoms with Crippen LogP contribution in [-0.2, 0) is 0 Å². The molecule has 0 spiro atoms. The summed E-state index contributed by atoms with van der Waals surface area (Å²) in [5.41, 5.74) is 5.95. The van der Waals surface area contributed by atoms with Gasteiger partial charge in [0.15, 0.2) is 0 Å². The Bertz CT molecular complexity index is 2230. The second kappa shape index (κ2) is 9.62. The van der Waals surface area contributed by atoms with Crippen LogP contribution in [0.2, 0.25) is 0 Å². The average Bonchev–Trinajstić information content (AvgIpc) is 3.03. The summed E-state index contributed by atoms with van der Waals surface area (Å²) < 4.78 is 0. The minimum atomic E-state index is 0.828. The molecule has 0 aliphatic rings. The fraction of sp³-hybridized carbons (Fsp3) is 0. The molecule has 8 aromatic rings. The smallest absolute Gasteiger partial charge is 0.130 e.